The molecule has 100 valence electrons. The summed E-state index contributed by atoms with van der Waals surface area (Å²) in [6.07, 6.45) is 2.35. The number of benzene rings is 1. The molecule has 18 heavy (non-hydrogen) atoms. The lowest BCUT2D eigenvalue weighted by atomic mass is 10.0. The van der Waals surface area contributed by atoms with Crippen LogP contribution in [0.5, 0.6) is 0 Å². The number of methoxy groups -OCH3 is 1. The number of ether oxygens (including phenoxy) is 1. The number of hydrogen-bond donors (Lipinski definition) is 1. The molecule has 0 saturated carbocycles. The van der Waals surface area contributed by atoms with Gasteiger partial charge in [-0.2, -0.15) is 0 Å². The minimum atomic E-state index is -0.133. The largest absolute Gasteiger partial charge is 0.469 e. The molecule has 0 unspecified atom stereocenters. The third-order valence-corrected chi connectivity index (χ3v) is 3.12. The van der Waals surface area contributed by atoms with Crippen molar-refractivity contribution in [1.29, 1.82) is 0 Å². The summed E-state index contributed by atoms with van der Waals surface area (Å²) < 4.78 is 4.58. The highest BCUT2D eigenvalue weighted by Crippen LogP contribution is 2.09. The van der Waals surface area contributed by atoms with E-state index in [0.29, 0.717) is 6.42 Å². The first-order valence-corrected chi connectivity index (χ1v) is 6.47. The first-order chi connectivity index (χ1) is 8.63. The van der Waals surface area contributed by atoms with Crippen LogP contribution in [-0.2, 0) is 16.0 Å². The van der Waals surface area contributed by atoms with Gasteiger partial charge < -0.3 is 10.1 Å². The first kappa shape index (κ1) is 14.7. The zero-order valence-electron chi connectivity index (χ0n) is 11.6. The van der Waals surface area contributed by atoms with Gasteiger partial charge in [0.1, 0.15) is 0 Å². The molecule has 0 aromatic heterocycles. The quantitative estimate of drug-likeness (QED) is 0.595. The van der Waals surface area contributed by atoms with Crippen LogP contribution >= 0.6 is 0 Å². The van der Waals surface area contributed by atoms with Crippen LogP contribution in [0.25, 0.3) is 0 Å². The minimum absolute atomic E-state index is 0.133. The van der Waals surface area contributed by atoms with Crippen LogP contribution in [0.4, 0.5) is 0 Å². The Hall–Kier alpha value is -1.35. The van der Waals surface area contributed by atoms with E-state index in [1.807, 2.05) is 0 Å². The van der Waals surface area contributed by atoms with Crippen molar-refractivity contribution in [2.24, 2.45) is 0 Å². The molecular formula is C15H23NO2. The molecule has 3 nitrogen and oxygen atoms in total. The molecule has 0 aliphatic carbocycles. The van der Waals surface area contributed by atoms with Gasteiger partial charge in [-0.15, -0.1) is 0 Å². The topological polar surface area (TPSA) is 38.3 Å². The fourth-order valence-corrected chi connectivity index (χ4v) is 1.78. The normalized spacial score (nSPS) is 10.4. The molecule has 1 aromatic rings. The maximum Gasteiger partial charge on any atom is 0.305 e. The molecule has 1 aromatic carbocycles. The molecule has 0 atom stereocenters. The van der Waals surface area contributed by atoms with Crippen LogP contribution in [0.15, 0.2) is 18.2 Å². The predicted molar refractivity (Wildman–Crippen MR) is 73.7 cm³/mol. The second kappa shape index (κ2) is 7.88. The Balaban J connectivity index is 2.14. The third-order valence-electron chi connectivity index (χ3n) is 3.12. The van der Waals surface area contributed by atoms with E-state index in [2.05, 4.69) is 42.1 Å². The highest BCUT2D eigenvalue weighted by molar-refractivity contribution is 5.69. The Labute approximate surface area is 110 Å². The van der Waals surface area contributed by atoms with E-state index in [1.54, 1.807) is 0 Å². The van der Waals surface area contributed by atoms with Gasteiger partial charge in [0, 0.05) is 6.42 Å². The van der Waals surface area contributed by atoms with Gasteiger partial charge in [-0.25, -0.2) is 0 Å². The molecule has 0 aliphatic heterocycles. The van der Waals surface area contributed by atoms with Gasteiger partial charge in [0.05, 0.1) is 7.11 Å². The summed E-state index contributed by atoms with van der Waals surface area (Å²) in [4.78, 5) is 10.9. The number of carbonyl (C=O) groups excluding carboxylic acids is 1. The average Bonchev–Trinajstić information content (AvgIpc) is 2.37. The lowest BCUT2D eigenvalue weighted by molar-refractivity contribution is -0.140. The smallest absolute Gasteiger partial charge is 0.305 e. The maximum absolute atomic E-state index is 10.9. The van der Waals surface area contributed by atoms with Gasteiger partial charge in [-0.05, 0) is 56.5 Å². The fraction of sp³-hybridized carbons (Fsp3) is 0.533. The number of aryl methyl sites for hydroxylation is 2. The summed E-state index contributed by atoms with van der Waals surface area (Å²) in [5, 5.41) is 3.34. The van der Waals surface area contributed by atoms with E-state index in [9.17, 15) is 4.79 Å². The number of esters is 1. The highest BCUT2D eigenvalue weighted by Gasteiger charge is 1.99. The van der Waals surface area contributed by atoms with E-state index in [0.717, 1.165) is 25.9 Å². The second-order valence-corrected chi connectivity index (χ2v) is 4.60. The minimum Gasteiger partial charge on any atom is -0.469 e. The van der Waals surface area contributed by atoms with Crippen LogP contribution in [0.1, 0.15) is 29.5 Å². The average molecular weight is 249 g/mol. The molecule has 0 amide bonds. The molecule has 0 spiro atoms. The Morgan fingerprint density at radius 1 is 1.22 bits per heavy atom. The maximum atomic E-state index is 10.9. The van der Waals surface area contributed by atoms with Gasteiger partial charge in [0.15, 0.2) is 0 Å². The molecule has 0 heterocycles. The first-order valence-electron chi connectivity index (χ1n) is 6.47. The van der Waals surface area contributed by atoms with Crippen molar-refractivity contribution in [2.75, 3.05) is 20.2 Å². The second-order valence-electron chi connectivity index (χ2n) is 4.60. The van der Waals surface area contributed by atoms with Crippen molar-refractivity contribution < 1.29 is 9.53 Å². The predicted octanol–water partition coefficient (Wildman–Crippen LogP) is 2.39. The van der Waals surface area contributed by atoms with Crippen molar-refractivity contribution in [3.63, 3.8) is 0 Å². The molecule has 3 heteroatoms. The molecule has 1 rings (SSSR count). The molecule has 0 radical (unpaired) electrons. The zero-order valence-corrected chi connectivity index (χ0v) is 11.6. The van der Waals surface area contributed by atoms with Crippen LogP contribution in [0.3, 0.4) is 0 Å². The molecule has 0 saturated heterocycles. The number of nitrogens with one attached hydrogen (secondary N) is 1. The van der Waals surface area contributed by atoms with Gasteiger partial charge >= 0.3 is 5.97 Å². The van der Waals surface area contributed by atoms with E-state index in [1.165, 1.54) is 23.8 Å². The van der Waals surface area contributed by atoms with Crippen molar-refractivity contribution in [3.05, 3.63) is 34.9 Å². The summed E-state index contributed by atoms with van der Waals surface area (Å²) in [6.45, 7) is 6.08. The number of hydrogen-bond acceptors (Lipinski definition) is 3. The molecule has 0 fully saturated rings. The molecule has 0 bridgehead atoms. The summed E-state index contributed by atoms with van der Waals surface area (Å²) in [5.41, 5.74) is 4.04. The van der Waals surface area contributed by atoms with Gasteiger partial charge in [0.25, 0.3) is 0 Å². The molecular weight excluding hydrogens is 226 g/mol. The fourth-order valence-electron chi connectivity index (χ4n) is 1.78. The van der Waals surface area contributed by atoms with Crippen LogP contribution < -0.4 is 5.32 Å². The lowest BCUT2D eigenvalue weighted by Gasteiger charge is -2.06. The van der Waals surface area contributed by atoms with Crippen LogP contribution in [0.2, 0.25) is 0 Å². The Morgan fingerprint density at radius 3 is 2.67 bits per heavy atom. The SMILES string of the molecule is COC(=O)CCCNCCc1ccc(C)c(C)c1. The summed E-state index contributed by atoms with van der Waals surface area (Å²) in [7, 11) is 1.43. The van der Waals surface area contributed by atoms with Gasteiger partial charge in [0.2, 0.25) is 0 Å². The van der Waals surface area contributed by atoms with Crippen molar-refractivity contribution >= 4 is 5.97 Å². The van der Waals surface area contributed by atoms with Crippen molar-refractivity contribution in [2.45, 2.75) is 33.1 Å². The number of carbonyl (C=O) groups is 1. The van der Waals surface area contributed by atoms with Crippen LogP contribution in [0, 0.1) is 13.8 Å². The van der Waals surface area contributed by atoms with Crippen LogP contribution in [-0.4, -0.2) is 26.2 Å². The van der Waals surface area contributed by atoms with Crippen molar-refractivity contribution in [3.8, 4) is 0 Å². The van der Waals surface area contributed by atoms with E-state index in [4.69, 9.17) is 0 Å². The van der Waals surface area contributed by atoms with E-state index >= 15 is 0 Å². The highest BCUT2D eigenvalue weighted by atomic mass is 16.5. The van der Waals surface area contributed by atoms with E-state index in [-0.39, 0.29) is 5.97 Å². The summed E-state index contributed by atoms with van der Waals surface area (Å²) in [6, 6.07) is 6.59. The Morgan fingerprint density at radius 2 is 2.00 bits per heavy atom. The standard InChI is InChI=1S/C15H23NO2/c1-12-6-7-14(11-13(12)2)8-10-16-9-4-5-15(17)18-3/h6-7,11,16H,4-5,8-10H2,1-3H3. The monoisotopic (exact) mass is 249 g/mol. The van der Waals surface area contributed by atoms with Gasteiger partial charge in [-0.3, -0.25) is 4.79 Å². The summed E-state index contributed by atoms with van der Waals surface area (Å²) >= 11 is 0. The Bertz CT molecular complexity index is 388. The molecule has 0 aliphatic rings. The molecule has 1 N–H and O–H groups in total. The Kier molecular flexibility index (Phi) is 6.44. The number of rotatable bonds is 7. The zero-order chi connectivity index (χ0) is 13.4. The van der Waals surface area contributed by atoms with Gasteiger partial charge in [-0.1, -0.05) is 18.2 Å². The van der Waals surface area contributed by atoms with E-state index < -0.39 is 0 Å². The van der Waals surface area contributed by atoms with Crippen molar-refractivity contribution in [1.82, 2.24) is 5.32 Å². The third kappa shape index (κ3) is 5.32. The summed E-state index contributed by atoms with van der Waals surface area (Å²) in [5.74, 6) is -0.133. The lowest BCUT2D eigenvalue weighted by Crippen LogP contribution is -2.19.